The van der Waals surface area contributed by atoms with E-state index in [0.717, 1.165) is 4.88 Å². The fourth-order valence-electron chi connectivity index (χ4n) is 2.42. The molecule has 3 rings (SSSR count). The molecule has 0 aliphatic rings. The molecule has 0 fully saturated rings. The standard InChI is InChI=1S/C18H18FN5O2S2/c19-13-5-2-1-4-12(13)10-21-16(26)11-28-18-23-22-17(14-6-3-9-27-14)24(18)8-7-15(20)25/h1-6,9H,7-8,10-11H2,(H2,20,25)(H,21,26). The molecular weight excluding hydrogens is 401 g/mol. The number of thiophene rings is 1. The van der Waals surface area contributed by atoms with Crippen LogP contribution in [0.15, 0.2) is 46.9 Å². The predicted octanol–water partition coefficient (Wildman–Crippen LogP) is 2.43. The van der Waals surface area contributed by atoms with Gasteiger partial charge in [-0.1, -0.05) is 36.0 Å². The number of nitrogens with two attached hydrogens (primary N) is 1. The van der Waals surface area contributed by atoms with E-state index >= 15 is 0 Å². The molecule has 0 spiro atoms. The van der Waals surface area contributed by atoms with E-state index in [4.69, 9.17) is 5.73 Å². The Morgan fingerprint density at radius 2 is 2.04 bits per heavy atom. The van der Waals surface area contributed by atoms with E-state index < -0.39 is 5.91 Å². The molecule has 0 saturated carbocycles. The topological polar surface area (TPSA) is 103 Å². The number of halogens is 1. The molecule has 0 radical (unpaired) electrons. The summed E-state index contributed by atoms with van der Waals surface area (Å²) in [4.78, 5) is 24.2. The highest BCUT2D eigenvalue weighted by molar-refractivity contribution is 7.99. The fraction of sp³-hybridized carbons (Fsp3) is 0.222. The fourth-order valence-corrected chi connectivity index (χ4v) is 3.94. The van der Waals surface area contributed by atoms with E-state index in [0.29, 0.717) is 23.1 Å². The molecule has 3 aromatic rings. The SMILES string of the molecule is NC(=O)CCn1c(SCC(=O)NCc2ccccc2F)nnc1-c1cccs1. The number of amides is 2. The molecule has 0 aliphatic carbocycles. The van der Waals surface area contributed by atoms with Crippen LogP contribution in [0.4, 0.5) is 4.39 Å². The van der Waals surface area contributed by atoms with E-state index in [1.165, 1.54) is 29.2 Å². The zero-order valence-corrected chi connectivity index (χ0v) is 16.4. The van der Waals surface area contributed by atoms with Gasteiger partial charge in [-0.2, -0.15) is 0 Å². The van der Waals surface area contributed by atoms with Crippen molar-refractivity contribution in [2.45, 2.75) is 24.7 Å². The van der Waals surface area contributed by atoms with Gasteiger partial charge in [0.2, 0.25) is 11.8 Å². The molecule has 7 nitrogen and oxygen atoms in total. The highest BCUT2D eigenvalue weighted by Gasteiger charge is 2.17. The van der Waals surface area contributed by atoms with Gasteiger partial charge in [0.05, 0.1) is 10.6 Å². The molecule has 2 amide bonds. The van der Waals surface area contributed by atoms with Crippen LogP contribution in [-0.2, 0) is 22.7 Å². The van der Waals surface area contributed by atoms with Gasteiger partial charge in [0.15, 0.2) is 11.0 Å². The lowest BCUT2D eigenvalue weighted by molar-refractivity contribution is -0.119. The van der Waals surface area contributed by atoms with Crippen molar-refractivity contribution in [1.82, 2.24) is 20.1 Å². The monoisotopic (exact) mass is 419 g/mol. The molecule has 28 heavy (non-hydrogen) atoms. The third-order valence-electron chi connectivity index (χ3n) is 3.81. The Hall–Kier alpha value is -2.72. The first kappa shape index (κ1) is 20.0. The number of hydrogen-bond donors (Lipinski definition) is 2. The molecule has 10 heteroatoms. The zero-order chi connectivity index (χ0) is 19.9. The van der Waals surface area contributed by atoms with Gasteiger partial charge in [-0.15, -0.1) is 21.5 Å². The number of benzene rings is 1. The van der Waals surface area contributed by atoms with E-state index in [2.05, 4.69) is 15.5 Å². The molecule has 2 aromatic heterocycles. The first-order valence-electron chi connectivity index (χ1n) is 8.43. The minimum atomic E-state index is -0.426. The van der Waals surface area contributed by atoms with E-state index in [9.17, 15) is 14.0 Å². The smallest absolute Gasteiger partial charge is 0.230 e. The number of nitrogens with one attached hydrogen (secondary N) is 1. The van der Waals surface area contributed by atoms with E-state index in [-0.39, 0.29) is 30.4 Å². The van der Waals surface area contributed by atoms with Crippen LogP contribution >= 0.6 is 23.1 Å². The second kappa shape index (κ2) is 9.47. The number of rotatable bonds is 9. The zero-order valence-electron chi connectivity index (χ0n) is 14.8. The summed E-state index contributed by atoms with van der Waals surface area (Å²) in [7, 11) is 0. The number of carbonyl (C=O) groups excluding carboxylic acids is 2. The van der Waals surface area contributed by atoms with Gasteiger partial charge in [-0.3, -0.25) is 9.59 Å². The van der Waals surface area contributed by atoms with Gasteiger partial charge >= 0.3 is 0 Å². The van der Waals surface area contributed by atoms with E-state index in [1.54, 1.807) is 22.8 Å². The predicted molar refractivity (Wildman–Crippen MR) is 106 cm³/mol. The number of nitrogens with zero attached hydrogens (tertiary/aromatic N) is 3. The van der Waals surface area contributed by atoms with Gasteiger partial charge < -0.3 is 15.6 Å². The van der Waals surface area contributed by atoms with Crippen LogP contribution < -0.4 is 11.1 Å². The minimum absolute atomic E-state index is 0.0909. The van der Waals surface area contributed by atoms with Crippen molar-refractivity contribution in [3.05, 3.63) is 53.2 Å². The first-order chi connectivity index (χ1) is 13.5. The summed E-state index contributed by atoms with van der Waals surface area (Å²) >= 11 is 2.71. The largest absolute Gasteiger partial charge is 0.370 e. The molecule has 0 saturated heterocycles. The van der Waals surface area contributed by atoms with Crippen LogP contribution in [0.3, 0.4) is 0 Å². The second-order valence-electron chi connectivity index (χ2n) is 5.81. The Balaban J connectivity index is 1.63. The highest BCUT2D eigenvalue weighted by atomic mass is 32.2. The Bertz CT molecular complexity index is 959. The average molecular weight is 420 g/mol. The van der Waals surface area contributed by atoms with Gasteiger partial charge in [0.25, 0.3) is 0 Å². The van der Waals surface area contributed by atoms with Gasteiger partial charge in [-0.25, -0.2) is 4.39 Å². The third kappa shape index (κ3) is 5.17. The summed E-state index contributed by atoms with van der Waals surface area (Å²) in [5, 5.41) is 13.5. The first-order valence-corrected chi connectivity index (χ1v) is 10.3. The minimum Gasteiger partial charge on any atom is -0.370 e. The summed E-state index contributed by atoms with van der Waals surface area (Å²) in [5.41, 5.74) is 5.69. The number of thioether (sulfide) groups is 1. The van der Waals surface area contributed by atoms with Crippen LogP contribution in [-0.4, -0.2) is 32.3 Å². The molecule has 3 N–H and O–H groups in total. The Kier molecular flexibility index (Phi) is 6.77. The molecule has 2 heterocycles. The summed E-state index contributed by atoms with van der Waals surface area (Å²) in [6, 6.07) is 10.1. The maximum atomic E-state index is 13.6. The molecule has 0 aliphatic heterocycles. The Morgan fingerprint density at radius 1 is 1.21 bits per heavy atom. The molecule has 146 valence electrons. The van der Waals surface area contributed by atoms with Crippen LogP contribution in [0.5, 0.6) is 0 Å². The lowest BCUT2D eigenvalue weighted by Crippen LogP contribution is -2.25. The number of aromatic nitrogens is 3. The van der Waals surface area contributed by atoms with Crippen molar-refractivity contribution in [3.8, 4) is 10.7 Å². The molecule has 0 unspecified atom stereocenters. The van der Waals surface area contributed by atoms with Gasteiger partial charge in [0.1, 0.15) is 5.82 Å². The van der Waals surface area contributed by atoms with Gasteiger partial charge in [-0.05, 0) is 17.5 Å². The molecular formula is C18H18FN5O2S2. The lowest BCUT2D eigenvalue weighted by Gasteiger charge is -2.09. The number of hydrogen-bond acceptors (Lipinski definition) is 6. The molecule has 0 atom stereocenters. The molecule has 0 bridgehead atoms. The maximum absolute atomic E-state index is 13.6. The molecule has 1 aromatic carbocycles. The normalized spacial score (nSPS) is 10.8. The van der Waals surface area contributed by atoms with Crippen molar-refractivity contribution in [1.29, 1.82) is 0 Å². The van der Waals surface area contributed by atoms with E-state index in [1.807, 2.05) is 17.5 Å². The van der Waals surface area contributed by atoms with Crippen LogP contribution in [0.1, 0.15) is 12.0 Å². The summed E-state index contributed by atoms with van der Waals surface area (Å²) in [6.45, 7) is 0.440. The summed E-state index contributed by atoms with van der Waals surface area (Å²) in [5.74, 6) is -0.319. The van der Waals surface area contributed by atoms with Crippen LogP contribution in [0.2, 0.25) is 0 Å². The quantitative estimate of drug-likeness (QED) is 0.519. The summed E-state index contributed by atoms with van der Waals surface area (Å²) < 4.78 is 15.4. The van der Waals surface area contributed by atoms with Crippen molar-refractivity contribution in [2.75, 3.05) is 5.75 Å². The lowest BCUT2D eigenvalue weighted by atomic mass is 10.2. The number of carbonyl (C=O) groups is 2. The van der Waals surface area contributed by atoms with Crippen LogP contribution in [0.25, 0.3) is 10.7 Å². The van der Waals surface area contributed by atoms with Crippen molar-refractivity contribution >= 4 is 34.9 Å². The van der Waals surface area contributed by atoms with Crippen molar-refractivity contribution < 1.29 is 14.0 Å². The van der Waals surface area contributed by atoms with Crippen molar-refractivity contribution in [3.63, 3.8) is 0 Å². The summed E-state index contributed by atoms with van der Waals surface area (Å²) in [6.07, 6.45) is 0.142. The third-order valence-corrected chi connectivity index (χ3v) is 5.64. The Labute approximate surface area is 169 Å². The highest BCUT2D eigenvalue weighted by Crippen LogP contribution is 2.27. The second-order valence-corrected chi connectivity index (χ2v) is 7.70. The number of primary amides is 1. The average Bonchev–Trinajstić information content (AvgIpc) is 3.33. The maximum Gasteiger partial charge on any atom is 0.230 e. The Morgan fingerprint density at radius 3 is 2.75 bits per heavy atom. The van der Waals surface area contributed by atoms with Gasteiger partial charge in [0, 0.05) is 25.1 Å². The van der Waals surface area contributed by atoms with Crippen LogP contribution in [0, 0.1) is 5.82 Å². The van der Waals surface area contributed by atoms with Crippen molar-refractivity contribution in [2.24, 2.45) is 5.73 Å².